The second kappa shape index (κ2) is 4.08. The van der Waals surface area contributed by atoms with E-state index in [-0.39, 0.29) is 0 Å². The van der Waals surface area contributed by atoms with Crippen molar-refractivity contribution in [2.24, 2.45) is 0 Å². The first kappa shape index (κ1) is 10.7. The SMILES string of the molecule is O=Cc1ccc2cc3ccc(C=O)cc3cc2c1. The molecule has 0 bridgehead atoms. The third kappa shape index (κ3) is 1.68. The predicted octanol–water partition coefficient (Wildman–Crippen LogP) is 3.62. The van der Waals surface area contributed by atoms with Crippen molar-refractivity contribution in [2.45, 2.75) is 0 Å². The van der Waals surface area contributed by atoms with Gasteiger partial charge >= 0.3 is 0 Å². The van der Waals surface area contributed by atoms with E-state index in [1.54, 1.807) is 12.1 Å². The summed E-state index contributed by atoms with van der Waals surface area (Å²) in [7, 11) is 0. The highest BCUT2D eigenvalue weighted by molar-refractivity contribution is 6.01. The van der Waals surface area contributed by atoms with Crippen LogP contribution < -0.4 is 0 Å². The summed E-state index contributed by atoms with van der Waals surface area (Å²) in [5.41, 5.74) is 1.32. The van der Waals surface area contributed by atoms with Crippen LogP contribution in [0.1, 0.15) is 20.7 Å². The molecule has 0 saturated carbocycles. The Balaban J connectivity index is 2.36. The summed E-state index contributed by atoms with van der Waals surface area (Å²) in [5.74, 6) is 0. The summed E-state index contributed by atoms with van der Waals surface area (Å²) in [6.07, 6.45) is 1.68. The molecule has 0 unspecified atom stereocenters. The molecule has 3 rings (SSSR count). The van der Waals surface area contributed by atoms with E-state index in [0.29, 0.717) is 11.1 Å². The predicted molar refractivity (Wildman–Crippen MR) is 72.2 cm³/mol. The van der Waals surface area contributed by atoms with Crippen LogP contribution in [-0.2, 0) is 0 Å². The van der Waals surface area contributed by atoms with Gasteiger partial charge in [0.25, 0.3) is 0 Å². The summed E-state index contributed by atoms with van der Waals surface area (Å²) in [4.78, 5) is 21.5. The smallest absolute Gasteiger partial charge is 0.150 e. The molecule has 3 aromatic rings. The minimum Gasteiger partial charge on any atom is -0.298 e. The van der Waals surface area contributed by atoms with Gasteiger partial charge in [-0.25, -0.2) is 0 Å². The maximum absolute atomic E-state index is 10.8. The quantitative estimate of drug-likeness (QED) is 0.501. The standard InChI is InChI=1S/C16H10O2/c17-9-11-1-3-13-7-14-4-2-12(10-18)6-16(14)8-15(13)5-11/h1-10H. The fourth-order valence-corrected chi connectivity index (χ4v) is 2.18. The average molecular weight is 234 g/mol. The van der Waals surface area contributed by atoms with Gasteiger partial charge in [-0.15, -0.1) is 0 Å². The molecule has 0 aromatic heterocycles. The molecule has 0 spiro atoms. The molecule has 0 saturated heterocycles. The Labute approximate surface area is 104 Å². The van der Waals surface area contributed by atoms with Gasteiger partial charge in [-0.2, -0.15) is 0 Å². The van der Waals surface area contributed by atoms with E-state index in [1.807, 2.05) is 30.3 Å². The molecule has 2 nitrogen and oxygen atoms in total. The highest BCUT2D eigenvalue weighted by Gasteiger charge is 2.00. The first-order valence-electron chi connectivity index (χ1n) is 5.68. The Kier molecular flexibility index (Phi) is 2.41. The molecule has 0 fully saturated rings. The van der Waals surface area contributed by atoms with Gasteiger partial charge in [0.15, 0.2) is 0 Å². The minimum absolute atomic E-state index is 0.661. The van der Waals surface area contributed by atoms with Crippen molar-refractivity contribution in [3.8, 4) is 0 Å². The zero-order valence-corrected chi connectivity index (χ0v) is 9.59. The van der Waals surface area contributed by atoms with Crippen molar-refractivity contribution in [3.05, 3.63) is 59.7 Å². The molecular formula is C16H10O2. The lowest BCUT2D eigenvalue weighted by Crippen LogP contribution is -1.83. The van der Waals surface area contributed by atoms with Gasteiger partial charge in [0, 0.05) is 11.1 Å². The number of benzene rings is 3. The van der Waals surface area contributed by atoms with E-state index in [1.165, 1.54) is 0 Å². The Morgan fingerprint density at radius 3 is 1.44 bits per heavy atom. The maximum Gasteiger partial charge on any atom is 0.150 e. The number of carbonyl (C=O) groups is 2. The van der Waals surface area contributed by atoms with Gasteiger partial charge in [0.2, 0.25) is 0 Å². The summed E-state index contributed by atoms with van der Waals surface area (Å²) in [6, 6.07) is 15.3. The van der Waals surface area contributed by atoms with Gasteiger partial charge < -0.3 is 0 Å². The molecule has 0 N–H and O–H groups in total. The lowest BCUT2D eigenvalue weighted by atomic mass is 10.0. The van der Waals surface area contributed by atoms with Crippen LogP contribution in [0.4, 0.5) is 0 Å². The maximum atomic E-state index is 10.8. The molecule has 0 aliphatic rings. The summed E-state index contributed by atoms with van der Waals surface area (Å²) >= 11 is 0. The van der Waals surface area contributed by atoms with Crippen LogP contribution in [0.3, 0.4) is 0 Å². The van der Waals surface area contributed by atoms with Crippen LogP contribution in [-0.4, -0.2) is 12.6 Å². The van der Waals surface area contributed by atoms with E-state index >= 15 is 0 Å². The molecule has 18 heavy (non-hydrogen) atoms. The monoisotopic (exact) mass is 234 g/mol. The molecule has 0 atom stereocenters. The van der Waals surface area contributed by atoms with Crippen molar-refractivity contribution in [1.82, 2.24) is 0 Å². The van der Waals surface area contributed by atoms with Gasteiger partial charge in [0.05, 0.1) is 0 Å². The summed E-state index contributed by atoms with van der Waals surface area (Å²) in [6.45, 7) is 0. The fourth-order valence-electron chi connectivity index (χ4n) is 2.18. The van der Waals surface area contributed by atoms with Crippen LogP contribution >= 0.6 is 0 Å². The summed E-state index contributed by atoms with van der Waals surface area (Å²) < 4.78 is 0. The molecular weight excluding hydrogens is 224 g/mol. The number of aldehydes is 2. The van der Waals surface area contributed by atoms with Crippen molar-refractivity contribution in [3.63, 3.8) is 0 Å². The van der Waals surface area contributed by atoms with Crippen LogP contribution in [0.25, 0.3) is 21.5 Å². The number of fused-ring (bicyclic) bond motifs is 2. The number of rotatable bonds is 2. The largest absolute Gasteiger partial charge is 0.298 e. The van der Waals surface area contributed by atoms with E-state index in [4.69, 9.17) is 0 Å². The molecule has 3 aromatic carbocycles. The van der Waals surface area contributed by atoms with Gasteiger partial charge in [-0.3, -0.25) is 9.59 Å². The van der Waals surface area contributed by atoms with Crippen LogP contribution in [0, 0.1) is 0 Å². The number of carbonyl (C=O) groups excluding carboxylic acids is 2. The lowest BCUT2D eigenvalue weighted by molar-refractivity contribution is 0.111. The fraction of sp³-hybridized carbons (Fsp3) is 0. The van der Waals surface area contributed by atoms with Crippen molar-refractivity contribution in [1.29, 1.82) is 0 Å². The van der Waals surface area contributed by atoms with E-state index < -0.39 is 0 Å². The molecule has 0 amide bonds. The second-order valence-corrected chi connectivity index (χ2v) is 4.30. The van der Waals surface area contributed by atoms with Crippen LogP contribution in [0.2, 0.25) is 0 Å². The normalized spacial score (nSPS) is 10.7. The highest BCUT2D eigenvalue weighted by Crippen LogP contribution is 2.24. The summed E-state index contributed by atoms with van der Waals surface area (Å²) in [5, 5.41) is 4.20. The third-order valence-corrected chi connectivity index (χ3v) is 3.12. The molecule has 0 aliphatic carbocycles. The lowest BCUT2D eigenvalue weighted by Gasteiger charge is -2.03. The van der Waals surface area contributed by atoms with Crippen LogP contribution in [0.15, 0.2) is 48.5 Å². The van der Waals surface area contributed by atoms with E-state index in [2.05, 4.69) is 6.07 Å². The van der Waals surface area contributed by atoms with Crippen molar-refractivity contribution in [2.75, 3.05) is 0 Å². The number of hydrogen-bond donors (Lipinski definition) is 0. The zero-order valence-electron chi connectivity index (χ0n) is 9.59. The van der Waals surface area contributed by atoms with Gasteiger partial charge in [-0.05, 0) is 45.8 Å². The van der Waals surface area contributed by atoms with Crippen molar-refractivity contribution >= 4 is 34.1 Å². The van der Waals surface area contributed by atoms with E-state index in [0.717, 1.165) is 34.1 Å². The molecule has 0 aliphatic heterocycles. The first-order chi connectivity index (χ1) is 8.80. The minimum atomic E-state index is 0.661. The second-order valence-electron chi connectivity index (χ2n) is 4.30. The average Bonchev–Trinajstić information content (AvgIpc) is 2.43. The van der Waals surface area contributed by atoms with Gasteiger partial charge in [-0.1, -0.05) is 24.3 Å². The zero-order chi connectivity index (χ0) is 12.5. The van der Waals surface area contributed by atoms with E-state index in [9.17, 15) is 9.59 Å². The molecule has 0 heterocycles. The third-order valence-electron chi connectivity index (χ3n) is 3.12. The Morgan fingerprint density at radius 1 is 0.556 bits per heavy atom. The topological polar surface area (TPSA) is 34.1 Å². The molecule has 0 radical (unpaired) electrons. The first-order valence-corrected chi connectivity index (χ1v) is 5.68. The Morgan fingerprint density at radius 2 is 1.00 bits per heavy atom. The van der Waals surface area contributed by atoms with Gasteiger partial charge in [0.1, 0.15) is 12.6 Å². The molecule has 2 heteroatoms. The Bertz CT molecular complexity index is 709. The van der Waals surface area contributed by atoms with Crippen molar-refractivity contribution < 1.29 is 9.59 Å². The highest BCUT2D eigenvalue weighted by atomic mass is 16.1. The molecule has 86 valence electrons. The Hall–Kier alpha value is -2.48. The number of hydrogen-bond acceptors (Lipinski definition) is 2. The van der Waals surface area contributed by atoms with Crippen LogP contribution in [0.5, 0.6) is 0 Å².